The van der Waals surface area contributed by atoms with Crippen molar-refractivity contribution in [3.8, 4) is 5.75 Å². The van der Waals surface area contributed by atoms with Crippen molar-refractivity contribution < 1.29 is 4.74 Å². The molecule has 0 bridgehead atoms. The highest BCUT2D eigenvalue weighted by Crippen LogP contribution is 2.30. The fourth-order valence-corrected chi connectivity index (χ4v) is 3.81. The number of hydrogen-bond donors (Lipinski definition) is 2. The number of aliphatic imine (C=N–C) groups is 1. The maximum absolute atomic E-state index is 5.99. The lowest BCUT2D eigenvalue weighted by atomic mass is 10.2. The molecule has 0 unspecified atom stereocenters. The lowest BCUT2D eigenvalue weighted by Gasteiger charge is -2.13. The van der Waals surface area contributed by atoms with Crippen molar-refractivity contribution in [2.45, 2.75) is 46.6 Å². The Balaban J connectivity index is 1.55. The number of rotatable bonds is 9. The molecule has 1 aliphatic rings. The monoisotopic (exact) mass is 386 g/mol. The highest BCUT2D eigenvalue weighted by atomic mass is 32.1. The number of ether oxygens (including phenoxy) is 1. The minimum absolute atomic E-state index is 0.606. The van der Waals surface area contributed by atoms with Gasteiger partial charge in [-0.2, -0.15) is 0 Å². The minimum Gasteiger partial charge on any atom is -0.493 e. The molecule has 1 aliphatic carbocycles. The summed E-state index contributed by atoms with van der Waals surface area (Å²) in [7, 11) is 0. The van der Waals surface area contributed by atoms with Crippen LogP contribution < -0.4 is 15.4 Å². The quantitative estimate of drug-likeness (QED) is 0.508. The Morgan fingerprint density at radius 1 is 1.26 bits per heavy atom. The molecule has 6 heteroatoms. The second-order valence-electron chi connectivity index (χ2n) is 6.98. The molecule has 1 saturated carbocycles. The minimum atomic E-state index is 0.606. The van der Waals surface area contributed by atoms with Crippen LogP contribution >= 0.6 is 11.3 Å². The number of aryl methyl sites for hydroxylation is 2. The molecule has 27 heavy (non-hydrogen) atoms. The largest absolute Gasteiger partial charge is 0.493 e. The Bertz CT molecular complexity index is 767. The van der Waals surface area contributed by atoms with Gasteiger partial charge in [-0.25, -0.2) is 9.98 Å². The molecule has 5 nitrogen and oxygen atoms in total. The van der Waals surface area contributed by atoms with Gasteiger partial charge in [0.25, 0.3) is 0 Å². The summed E-state index contributed by atoms with van der Waals surface area (Å²) in [6, 6.07) is 8.21. The summed E-state index contributed by atoms with van der Waals surface area (Å²) < 4.78 is 5.99. The molecule has 3 rings (SSSR count). The van der Waals surface area contributed by atoms with Crippen molar-refractivity contribution in [2.75, 3.05) is 19.7 Å². The van der Waals surface area contributed by atoms with Crippen molar-refractivity contribution in [2.24, 2.45) is 10.9 Å². The topological polar surface area (TPSA) is 58.5 Å². The van der Waals surface area contributed by atoms with E-state index in [0.717, 1.165) is 60.0 Å². The summed E-state index contributed by atoms with van der Waals surface area (Å²) in [5.41, 5.74) is 2.27. The van der Waals surface area contributed by atoms with Gasteiger partial charge in [0.15, 0.2) is 5.96 Å². The Kier molecular flexibility index (Phi) is 7.10. The average molecular weight is 387 g/mol. The molecule has 0 spiro atoms. The average Bonchev–Trinajstić information content (AvgIpc) is 3.43. The van der Waals surface area contributed by atoms with Crippen molar-refractivity contribution in [1.82, 2.24) is 15.6 Å². The zero-order chi connectivity index (χ0) is 19.1. The fraction of sp³-hybridized carbons (Fsp3) is 0.524. The van der Waals surface area contributed by atoms with Gasteiger partial charge in [0.2, 0.25) is 0 Å². The van der Waals surface area contributed by atoms with E-state index in [0.29, 0.717) is 6.54 Å². The first-order valence-corrected chi connectivity index (χ1v) is 10.6. The standard InChI is InChI=1S/C21H30N4OS/c1-4-22-21(23-12-11-20-15(2)25-16(3)27-20)24-13-18-7-5-6-8-19(18)26-14-17-9-10-17/h5-8,17H,4,9-14H2,1-3H3,(H2,22,23,24). The van der Waals surface area contributed by atoms with Crippen molar-refractivity contribution in [3.05, 3.63) is 45.4 Å². The predicted molar refractivity (Wildman–Crippen MR) is 113 cm³/mol. The SMILES string of the molecule is CCNC(=NCc1ccccc1OCC1CC1)NCCc1sc(C)nc1C. The second kappa shape index (κ2) is 9.74. The van der Waals surface area contributed by atoms with Crippen molar-refractivity contribution in [1.29, 1.82) is 0 Å². The molecule has 0 amide bonds. The van der Waals surface area contributed by atoms with E-state index in [1.807, 2.05) is 18.2 Å². The first-order chi connectivity index (χ1) is 13.2. The Labute approximate surface area is 166 Å². The molecule has 1 aromatic carbocycles. The molecule has 0 atom stereocenters. The van der Waals surface area contributed by atoms with Crippen LogP contribution in [0.25, 0.3) is 0 Å². The van der Waals surface area contributed by atoms with Crippen LogP contribution in [-0.2, 0) is 13.0 Å². The molecular formula is C21H30N4OS. The number of para-hydroxylation sites is 1. The number of aromatic nitrogens is 1. The Hall–Kier alpha value is -2.08. The van der Waals surface area contributed by atoms with Crippen molar-refractivity contribution in [3.63, 3.8) is 0 Å². The summed E-state index contributed by atoms with van der Waals surface area (Å²) in [5, 5.41) is 7.89. The molecule has 146 valence electrons. The van der Waals surface area contributed by atoms with Gasteiger partial charge < -0.3 is 15.4 Å². The highest BCUT2D eigenvalue weighted by Gasteiger charge is 2.22. The van der Waals surface area contributed by atoms with Gasteiger partial charge in [-0.3, -0.25) is 0 Å². The van der Waals surface area contributed by atoms with Crippen LogP contribution in [0.4, 0.5) is 0 Å². The lowest BCUT2D eigenvalue weighted by Crippen LogP contribution is -2.38. The number of hydrogen-bond acceptors (Lipinski definition) is 4. The molecule has 2 aromatic rings. The van der Waals surface area contributed by atoms with E-state index in [9.17, 15) is 0 Å². The third-order valence-electron chi connectivity index (χ3n) is 4.54. The van der Waals surface area contributed by atoms with Crippen LogP contribution in [0.15, 0.2) is 29.3 Å². The number of nitrogens with zero attached hydrogens (tertiary/aromatic N) is 2. The number of thiazole rings is 1. The first kappa shape index (κ1) is 19.7. The highest BCUT2D eigenvalue weighted by molar-refractivity contribution is 7.11. The van der Waals surface area contributed by atoms with Crippen LogP contribution in [-0.4, -0.2) is 30.6 Å². The maximum Gasteiger partial charge on any atom is 0.191 e. The van der Waals surface area contributed by atoms with E-state index in [4.69, 9.17) is 9.73 Å². The van der Waals surface area contributed by atoms with Gasteiger partial charge in [0.05, 0.1) is 23.9 Å². The van der Waals surface area contributed by atoms with Gasteiger partial charge in [0, 0.05) is 30.0 Å². The van der Waals surface area contributed by atoms with E-state index >= 15 is 0 Å². The van der Waals surface area contributed by atoms with Crippen LogP contribution in [0, 0.1) is 19.8 Å². The van der Waals surface area contributed by atoms with Gasteiger partial charge in [0.1, 0.15) is 5.75 Å². The zero-order valence-electron chi connectivity index (χ0n) is 16.5. The predicted octanol–water partition coefficient (Wildman–Crippen LogP) is 3.85. The summed E-state index contributed by atoms with van der Waals surface area (Å²) in [6.45, 7) is 9.33. The lowest BCUT2D eigenvalue weighted by molar-refractivity contribution is 0.297. The van der Waals surface area contributed by atoms with E-state index in [1.165, 1.54) is 17.7 Å². The van der Waals surface area contributed by atoms with E-state index in [2.05, 4.69) is 42.5 Å². The van der Waals surface area contributed by atoms with Crippen LogP contribution in [0.1, 0.15) is 40.9 Å². The van der Waals surface area contributed by atoms with Gasteiger partial charge in [-0.1, -0.05) is 18.2 Å². The number of benzene rings is 1. The number of nitrogens with one attached hydrogen (secondary N) is 2. The Morgan fingerprint density at radius 3 is 2.78 bits per heavy atom. The third kappa shape index (κ3) is 6.24. The molecular weight excluding hydrogens is 356 g/mol. The van der Waals surface area contributed by atoms with Gasteiger partial charge in [-0.05, 0) is 45.6 Å². The van der Waals surface area contributed by atoms with Crippen molar-refractivity contribution >= 4 is 17.3 Å². The van der Waals surface area contributed by atoms with Gasteiger partial charge in [-0.15, -0.1) is 11.3 Å². The zero-order valence-corrected chi connectivity index (χ0v) is 17.4. The molecule has 2 N–H and O–H groups in total. The fourth-order valence-electron chi connectivity index (χ4n) is 2.87. The Morgan fingerprint density at radius 2 is 2.07 bits per heavy atom. The maximum atomic E-state index is 5.99. The molecule has 1 heterocycles. The molecule has 0 radical (unpaired) electrons. The molecule has 1 fully saturated rings. The van der Waals surface area contributed by atoms with E-state index in [1.54, 1.807) is 11.3 Å². The van der Waals surface area contributed by atoms with Crippen LogP contribution in [0.2, 0.25) is 0 Å². The summed E-state index contributed by atoms with van der Waals surface area (Å²) in [4.78, 5) is 10.6. The van der Waals surface area contributed by atoms with E-state index in [-0.39, 0.29) is 0 Å². The second-order valence-corrected chi connectivity index (χ2v) is 8.26. The normalized spacial score (nSPS) is 14.3. The van der Waals surface area contributed by atoms with Gasteiger partial charge >= 0.3 is 0 Å². The summed E-state index contributed by atoms with van der Waals surface area (Å²) in [6.07, 6.45) is 3.56. The number of guanidine groups is 1. The first-order valence-electron chi connectivity index (χ1n) is 9.81. The molecule has 0 aliphatic heterocycles. The third-order valence-corrected chi connectivity index (χ3v) is 5.67. The van der Waals surface area contributed by atoms with Crippen LogP contribution in [0.3, 0.4) is 0 Å². The molecule has 1 aromatic heterocycles. The summed E-state index contributed by atoms with van der Waals surface area (Å²) in [5.74, 6) is 2.55. The molecule has 0 saturated heterocycles. The smallest absolute Gasteiger partial charge is 0.191 e. The van der Waals surface area contributed by atoms with E-state index < -0.39 is 0 Å². The summed E-state index contributed by atoms with van der Waals surface area (Å²) >= 11 is 1.78. The van der Waals surface area contributed by atoms with Crippen LogP contribution in [0.5, 0.6) is 5.75 Å².